The lowest BCUT2D eigenvalue weighted by Crippen LogP contribution is -2.45. The molecule has 41 heavy (non-hydrogen) atoms. The van der Waals surface area contributed by atoms with Crippen LogP contribution in [0.2, 0.25) is 0 Å². The molecular weight excluding hydrogens is 510 g/mol. The topological polar surface area (TPSA) is 102 Å². The zero-order valence-electron chi connectivity index (χ0n) is 23.5. The van der Waals surface area contributed by atoms with Gasteiger partial charge in [0.15, 0.2) is 5.78 Å². The molecule has 3 N–H and O–H groups in total. The quantitative estimate of drug-likeness (QED) is 0.390. The SMILES string of the molecule is C[C@]12C[C@H](c3ccc(/C=C/CNC(=O)Nc4ccc(C#N)cc4)cc3)C3=C4CCC(=O)C=C4CCC3C1CC[C@@H]2O. The fourth-order valence-electron chi connectivity index (χ4n) is 7.92. The first kappa shape index (κ1) is 27.2. The summed E-state index contributed by atoms with van der Waals surface area (Å²) < 4.78 is 0. The van der Waals surface area contributed by atoms with E-state index in [9.17, 15) is 14.7 Å². The monoisotopic (exact) mass is 547 g/mol. The third-order valence-corrected chi connectivity index (χ3v) is 9.98. The van der Waals surface area contributed by atoms with Crippen molar-refractivity contribution in [3.63, 3.8) is 0 Å². The summed E-state index contributed by atoms with van der Waals surface area (Å²) in [5.41, 5.74) is 7.69. The van der Waals surface area contributed by atoms with Crippen LogP contribution in [0.25, 0.3) is 6.08 Å². The van der Waals surface area contributed by atoms with Crippen molar-refractivity contribution in [2.45, 2.75) is 63.9 Å². The van der Waals surface area contributed by atoms with Crippen LogP contribution >= 0.6 is 0 Å². The normalized spacial score (nSPS) is 28.8. The Kier molecular flexibility index (Phi) is 7.40. The summed E-state index contributed by atoms with van der Waals surface area (Å²) in [5.74, 6) is 1.51. The Labute approximate surface area is 241 Å². The maximum Gasteiger partial charge on any atom is 0.319 e. The fraction of sp³-hybridized carbons (Fsp3) is 0.400. The molecule has 2 fully saturated rings. The highest BCUT2D eigenvalue weighted by molar-refractivity contribution is 5.93. The number of nitrogens with zero attached hydrogens (tertiary/aromatic N) is 1. The summed E-state index contributed by atoms with van der Waals surface area (Å²) in [6.45, 7) is 2.69. The van der Waals surface area contributed by atoms with E-state index in [1.165, 1.54) is 16.7 Å². The zero-order valence-corrected chi connectivity index (χ0v) is 23.5. The van der Waals surface area contributed by atoms with E-state index in [0.717, 1.165) is 44.1 Å². The number of nitriles is 1. The van der Waals surface area contributed by atoms with Crippen LogP contribution in [0.4, 0.5) is 10.5 Å². The Balaban J connectivity index is 1.16. The summed E-state index contributed by atoms with van der Waals surface area (Å²) in [4.78, 5) is 24.4. The van der Waals surface area contributed by atoms with Gasteiger partial charge in [0.1, 0.15) is 0 Å². The minimum Gasteiger partial charge on any atom is -0.393 e. The van der Waals surface area contributed by atoms with Gasteiger partial charge in [-0.25, -0.2) is 4.79 Å². The third kappa shape index (κ3) is 5.27. The number of benzene rings is 2. The molecule has 2 amide bonds. The maximum absolute atomic E-state index is 12.2. The van der Waals surface area contributed by atoms with Crippen molar-refractivity contribution >= 4 is 23.6 Å². The number of ketones is 1. The van der Waals surface area contributed by atoms with E-state index in [0.29, 0.717) is 36.1 Å². The van der Waals surface area contributed by atoms with Gasteiger partial charge >= 0.3 is 6.03 Å². The molecular formula is C35H37N3O3. The number of allylic oxidation sites excluding steroid dienone is 4. The molecule has 6 nitrogen and oxygen atoms in total. The molecule has 5 atom stereocenters. The highest BCUT2D eigenvalue weighted by Gasteiger charge is 2.56. The summed E-state index contributed by atoms with van der Waals surface area (Å²) in [5, 5.41) is 25.6. The van der Waals surface area contributed by atoms with Crippen LogP contribution in [0.15, 0.2) is 77.4 Å². The first-order valence-corrected chi connectivity index (χ1v) is 14.8. The lowest BCUT2D eigenvalue weighted by molar-refractivity contribution is -0.114. The van der Waals surface area contributed by atoms with Crippen molar-refractivity contribution in [3.05, 3.63) is 94.1 Å². The van der Waals surface area contributed by atoms with Crippen molar-refractivity contribution in [2.75, 3.05) is 11.9 Å². The number of nitrogens with one attached hydrogen (secondary N) is 2. The third-order valence-electron chi connectivity index (χ3n) is 9.98. The molecule has 6 heteroatoms. The molecule has 2 unspecified atom stereocenters. The predicted octanol–water partition coefficient (Wildman–Crippen LogP) is 6.65. The highest BCUT2D eigenvalue weighted by atomic mass is 16.3. The van der Waals surface area contributed by atoms with E-state index in [-0.39, 0.29) is 29.3 Å². The van der Waals surface area contributed by atoms with Crippen LogP contribution in [0.5, 0.6) is 0 Å². The molecule has 0 bridgehead atoms. The van der Waals surface area contributed by atoms with Crippen molar-refractivity contribution in [1.82, 2.24) is 5.32 Å². The van der Waals surface area contributed by atoms with E-state index in [1.54, 1.807) is 29.8 Å². The number of urea groups is 1. The number of carbonyl (C=O) groups is 2. The smallest absolute Gasteiger partial charge is 0.319 e. The van der Waals surface area contributed by atoms with Crippen molar-refractivity contribution in [3.8, 4) is 6.07 Å². The molecule has 210 valence electrons. The average molecular weight is 548 g/mol. The van der Waals surface area contributed by atoms with Gasteiger partial charge in [-0.1, -0.05) is 48.9 Å². The number of fused-ring (bicyclic) bond motifs is 4. The highest BCUT2D eigenvalue weighted by Crippen LogP contribution is 2.63. The standard InChI is InChI=1S/C35H37N3O3/c1-35-20-30(33-28-15-13-27(39)19-25(28)10-14-29(33)31(35)16-17-32(35)40)24-8-4-22(5-9-24)3-2-18-37-34(41)38-26-11-6-23(21-36)7-12-26/h2-9,11-12,19,29-32,40H,10,13-18,20H2,1H3,(H2,37,38,41)/b3-2+/t29?,30-,31?,32+,35+/m1/s1. The van der Waals surface area contributed by atoms with Gasteiger partial charge in [0.2, 0.25) is 0 Å². The first-order chi connectivity index (χ1) is 19.9. The summed E-state index contributed by atoms with van der Waals surface area (Å²) in [6, 6.07) is 17.2. The zero-order chi connectivity index (χ0) is 28.6. The van der Waals surface area contributed by atoms with E-state index in [2.05, 4.69) is 47.9 Å². The Morgan fingerprint density at radius 2 is 1.85 bits per heavy atom. The number of carbonyl (C=O) groups excluding carboxylic acids is 2. The minimum atomic E-state index is -0.303. The molecule has 0 spiro atoms. The van der Waals surface area contributed by atoms with Gasteiger partial charge < -0.3 is 15.7 Å². The number of hydrogen-bond donors (Lipinski definition) is 3. The van der Waals surface area contributed by atoms with E-state index in [4.69, 9.17) is 5.26 Å². The van der Waals surface area contributed by atoms with E-state index < -0.39 is 0 Å². The molecule has 0 heterocycles. The number of aliphatic hydroxyl groups excluding tert-OH is 1. The number of amides is 2. The Bertz CT molecular complexity index is 1480. The van der Waals surface area contributed by atoms with Gasteiger partial charge in [-0.05, 0) is 108 Å². The van der Waals surface area contributed by atoms with E-state index >= 15 is 0 Å². The molecule has 0 saturated heterocycles. The molecule has 0 radical (unpaired) electrons. The lowest BCUT2D eigenvalue weighted by atomic mass is 9.53. The lowest BCUT2D eigenvalue weighted by Gasteiger charge is -2.52. The van der Waals surface area contributed by atoms with Crippen molar-refractivity contribution in [2.24, 2.45) is 17.3 Å². The van der Waals surface area contributed by atoms with Gasteiger partial charge in [-0.15, -0.1) is 0 Å². The van der Waals surface area contributed by atoms with Crippen molar-refractivity contribution in [1.29, 1.82) is 5.26 Å². The second kappa shape index (κ2) is 11.1. The second-order valence-corrected chi connectivity index (χ2v) is 12.3. The maximum atomic E-state index is 12.2. The van der Waals surface area contributed by atoms with Gasteiger partial charge in [-0.2, -0.15) is 5.26 Å². The predicted molar refractivity (Wildman–Crippen MR) is 160 cm³/mol. The fourth-order valence-corrected chi connectivity index (χ4v) is 7.92. The van der Waals surface area contributed by atoms with Crippen LogP contribution in [-0.2, 0) is 4.79 Å². The molecule has 2 aromatic carbocycles. The molecule has 2 saturated carbocycles. The Morgan fingerprint density at radius 3 is 2.61 bits per heavy atom. The Morgan fingerprint density at radius 1 is 1.07 bits per heavy atom. The number of anilines is 1. The minimum absolute atomic E-state index is 0.0757. The number of rotatable bonds is 5. The van der Waals surface area contributed by atoms with Gasteiger partial charge in [-0.3, -0.25) is 4.79 Å². The average Bonchev–Trinajstić information content (AvgIpc) is 3.29. The molecule has 4 aliphatic rings. The van der Waals surface area contributed by atoms with Crippen LogP contribution < -0.4 is 10.6 Å². The molecule has 4 aliphatic carbocycles. The number of aliphatic hydroxyl groups is 1. The van der Waals surface area contributed by atoms with Crippen LogP contribution in [-0.4, -0.2) is 29.6 Å². The number of hydrogen-bond acceptors (Lipinski definition) is 4. The molecule has 0 aromatic heterocycles. The van der Waals surface area contributed by atoms with Crippen LogP contribution in [0.3, 0.4) is 0 Å². The summed E-state index contributed by atoms with van der Waals surface area (Å²) in [7, 11) is 0. The summed E-state index contributed by atoms with van der Waals surface area (Å²) >= 11 is 0. The van der Waals surface area contributed by atoms with Gasteiger partial charge in [0.05, 0.1) is 17.7 Å². The van der Waals surface area contributed by atoms with Crippen LogP contribution in [0, 0.1) is 28.6 Å². The Hall–Kier alpha value is -3.95. The van der Waals surface area contributed by atoms with E-state index in [1.807, 2.05) is 18.2 Å². The largest absolute Gasteiger partial charge is 0.393 e. The molecule has 0 aliphatic heterocycles. The van der Waals surface area contributed by atoms with Gasteiger partial charge in [0, 0.05) is 24.6 Å². The molecule has 6 rings (SSSR count). The van der Waals surface area contributed by atoms with Crippen LogP contribution in [0.1, 0.15) is 74.5 Å². The first-order valence-electron chi connectivity index (χ1n) is 14.8. The summed E-state index contributed by atoms with van der Waals surface area (Å²) in [6.07, 6.45) is 12.0. The van der Waals surface area contributed by atoms with Gasteiger partial charge in [0.25, 0.3) is 0 Å². The molecule has 2 aromatic rings. The van der Waals surface area contributed by atoms with Crippen molar-refractivity contribution < 1.29 is 14.7 Å². The second-order valence-electron chi connectivity index (χ2n) is 12.3.